The van der Waals surface area contributed by atoms with E-state index in [9.17, 15) is 0 Å². The Morgan fingerprint density at radius 1 is 1.19 bits per heavy atom. The fourth-order valence-corrected chi connectivity index (χ4v) is 4.34. The molecule has 0 fully saturated rings. The molecule has 0 bridgehead atoms. The van der Waals surface area contributed by atoms with Crippen LogP contribution in [0.5, 0.6) is 0 Å². The fraction of sp³-hybridized carbons (Fsp3) is 0.200. The van der Waals surface area contributed by atoms with Crippen molar-refractivity contribution in [1.82, 2.24) is 9.97 Å². The van der Waals surface area contributed by atoms with E-state index < -0.39 is 0 Å². The zero-order valence-corrected chi connectivity index (χ0v) is 15.6. The number of halogens is 2. The van der Waals surface area contributed by atoms with Gasteiger partial charge in [0.1, 0.15) is 5.82 Å². The van der Waals surface area contributed by atoms with Gasteiger partial charge >= 0.3 is 0 Å². The minimum Gasteiger partial charge on any atom is -0.373 e. The highest BCUT2D eigenvalue weighted by Gasteiger charge is 2.13. The third-order valence-electron chi connectivity index (χ3n) is 3.19. The number of nitrogens with one attached hydrogen (secondary N) is 1. The van der Waals surface area contributed by atoms with E-state index in [2.05, 4.69) is 61.2 Å². The van der Waals surface area contributed by atoms with Crippen LogP contribution in [0.25, 0.3) is 21.6 Å². The van der Waals surface area contributed by atoms with Crippen LogP contribution in [0.2, 0.25) is 0 Å². The average Bonchev–Trinajstić information content (AvgIpc) is 2.95. The molecule has 3 nitrogen and oxygen atoms in total. The van der Waals surface area contributed by atoms with Crippen LogP contribution in [0.3, 0.4) is 0 Å². The zero-order valence-electron chi connectivity index (χ0n) is 11.6. The van der Waals surface area contributed by atoms with Gasteiger partial charge in [-0.3, -0.25) is 0 Å². The molecule has 0 unspecified atom stereocenters. The predicted molar refractivity (Wildman–Crippen MR) is 97.2 cm³/mol. The van der Waals surface area contributed by atoms with Crippen LogP contribution in [0.4, 0.5) is 5.82 Å². The van der Waals surface area contributed by atoms with Crippen LogP contribution in [0.1, 0.15) is 11.8 Å². The van der Waals surface area contributed by atoms with Gasteiger partial charge in [-0.05, 0) is 46.6 Å². The third kappa shape index (κ3) is 2.84. The molecule has 0 aliphatic rings. The van der Waals surface area contributed by atoms with E-state index in [1.807, 2.05) is 19.2 Å². The largest absolute Gasteiger partial charge is 0.373 e. The van der Waals surface area contributed by atoms with Crippen molar-refractivity contribution in [3.63, 3.8) is 0 Å². The minimum absolute atomic E-state index is 0.763. The summed E-state index contributed by atoms with van der Waals surface area (Å²) in [4.78, 5) is 11.8. The molecule has 108 valence electrons. The number of thiophene rings is 1. The molecule has 0 amide bonds. The zero-order chi connectivity index (χ0) is 15.0. The summed E-state index contributed by atoms with van der Waals surface area (Å²) in [5.74, 6) is 1.60. The summed E-state index contributed by atoms with van der Waals surface area (Å²) in [5.41, 5.74) is 0.916. The molecule has 0 radical (unpaired) electrons. The minimum atomic E-state index is 0.763. The second-order valence-electron chi connectivity index (χ2n) is 4.55. The first kappa shape index (κ1) is 14.9. The molecular formula is C15H13Br2N3S. The Kier molecular flexibility index (Phi) is 4.28. The maximum atomic E-state index is 4.73. The lowest BCUT2D eigenvalue weighted by atomic mass is 10.2. The first-order valence-corrected chi connectivity index (χ1v) is 8.96. The summed E-state index contributed by atoms with van der Waals surface area (Å²) in [6.07, 6.45) is 1.04. The molecule has 0 atom stereocenters. The Labute approximate surface area is 144 Å². The molecule has 0 aliphatic heterocycles. The molecule has 1 N–H and O–H groups in total. The molecule has 2 heterocycles. The van der Waals surface area contributed by atoms with Crippen LogP contribution < -0.4 is 5.32 Å². The molecule has 3 aromatic rings. The molecular weight excluding hydrogens is 414 g/mol. The van der Waals surface area contributed by atoms with Gasteiger partial charge in [0, 0.05) is 26.3 Å². The van der Waals surface area contributed by atoms with Crippen molar-refractivity contribution < 1.29 is 0 Å². The molecule has 0 saturated carbocycles. The van der Waals surface area contributed by atoms with Crippen LogP contribution in [-0.4, -0.2) is 17.0 Å². The molecule has 0 aliphatic carbocycles. The van der Waals surface area contributed by atoms with Crippen molar-refractivity contribution in [2.45, 2.75) is 13.3 Å². The van der Waals surface area contributed by atoms with Gasteiger partial charge in [-0.15, -0.1) is 11.3 Å². The summed E-state index contributed by atoms with van der Waals surface area (Å²) in [5, 5.41) is 4.16. The van der Waals surface area contributed by atoms with E-state index in [1.165, 1.54) is 4.88 Å². The van der Waals surface area contributed by atoms with Gasteiger partial charge in [-0.2, -0.15) is 0 Å². The van der Waals surface area contributed by atoms with Crippen LogP contribution in [-0.2, 0) is 6.42 Å². The number of hydrogen-bond acceptors (Lipinski definition) is 4. The highest BCUT2D eigenvalue weighted by atomic mass is 79.9. The van der Waals surface area contributed by atoms with Gasteiger partial charge < -0.3 is 5.32 Å². The van der Waals surface area contributed by atoms with Crippen molar-refractivity contribution >= 4 is 59.9 Å². The van der Waals surface area contributed by atoms with Crippen LogP contribution in [0.15, 0.2) is 33.2 Å². The number of hydrogen-bond donors (Lipinski definition) is 1. The smallest absolute Gasteiger partial charge is 0.172 e. The number of nitrogens with zero attached hydrogens (tertiary/aromatic N) is 2. The Hall–Kier alpha value is -0.980. The Morgan fingerprint density at radius 2 is 2.00 bits per heavy atom. The molecule has 21 heavy (non-hydrogen) atoms. The van der Waals surface area contributed by atoms with E-state index in [0.29, 0.717) is 0 Å². The Balaban J connectivity index is 2.25. The van der Waals surface area contributed by atoms with Crippen molar-refractivity contribution in [2.75, 3.05) is 12.4 Å². The van der Waals surface area contributed by atoms with Crippen molar-refractivity contribution in [3.05, 3.63) is 38.1 Å². The SMILES string of the molecule is CCc1ccc(-c2nc(NC)c3cc(Br)cc(Br)c3n2)s1. The lowest BCUT2D eigenvalue weighted by Crippen LogP contribution is -1.98. The fourth-order valence-electron chi connectivity index (χ4n) is 2.15. The van der Waals surface area contributed by atoms with E-state index in [0.717, 1.165) is 42.8 Å². The van der Waals surface area contributed by atoms with E-state index in [1.54, 1.807) is 11.3 Å². The van der Waals surface area contributed by atoms with Crippen LogP contribution in [0, 0.1) is 0 Å². The standard InChI is InChI=1S/C15H13Br2N3S/c1-3-9-4-5-12(21-9)15-19-13-10(14(18-2)20-15)6-8(16)7-11(13)17/h4-7H,3H2,1-2H3,(H,18,19,20). The summed E-state index contributed by atoms with van der Waals surface area (Å²) >= 11 is 8.85. The number of benzene rings is 1. The molecule has 2 aromatic heterocycles. The van der Waals surface area contributed by atoms with Gasteiger partial charge in [-0.1, -0.05) is 22.9 Å². The molecule has 6 heteroatoms. The maximum Gasteiger partial charge on any atom is 0.172 e. The number of anilines is 1. The third-order valence-corrected chi connectivity index (χ3v) is 5.47. The van der Waals surface area contributed by atoms with E-state index in [4.69, 9.17) is 4.98 Å². The summed E-state index contributed by atoms with van der Waals surface area (Å²) in [7, 11) is 1.88. The number of aromatic nitrogens is 2. The first-order valence-electron chi connectivity index (χ1n) is 6.56. The van der Waals surface area contributed by atoms with Crippen molar-refractivity contribution in [2.24, 2.45) is 0 Å². The average molecular weight is 427 g/mol. The summed E-state index contributed by atoms with van der Waals surface area (Å²) in [6, 6.07) is 8.27. The second-order valence-corrected chi connectivity index (χ2v) is 7.49. The highest BCUT2D eigenvalue weighted by molar-refractivity contribution is 9.11. The Morgan fingerprint density at radius 3 is 2.67 bits per heavy atom. The normalized spacial score (nSPS) is 11.0. The highest BCUT2D eigenvalue weighted by Crippen LogP contribution is 2.34. The van der Waals surface area contributed by atoms with Gasteiger partial charge in [-0.25, -0.2) is 9.97 Å². The van der Waals surface area contributed by atoms with E-state index in [-0.39, 0.29) is 0 Å². The second kappa shape index (κ2) is 6.02. The van der Waals surface area contributed by atoms with Gasteiger partial charge in [0.15, 0.2) is 5.82 Å². The predicted octanol–water partition coefficient (Wildman–Crippen LogP) is 5.49. The molecule has 0 saturated heterocycles. The monoisotopic (exact) mass is 425 g/mol. The molecule has 0 spiro atoms. The van der Waals surface area contributed by atoms with Crippen molar-refractivity contribution in [1.29, 1.82) is 0 Å². The summed E-state index contributed by atoms with van der Waals surface area (Å²) in [6.45, 7) is 2.16. The van der Waals surface area contributed by atoms with Gasteiger partial charge in [0.05, 0.1) is 10.4 Å². The number of rotatable bonds is 3. The topological polar surface area (TPSA) is 37.8 Å². The lowest BCUT2D eigenvalue weighted by molar-refractivity contribution is 1.19. The maximum absolute atomic E-state index is 4.73. The number of fused-ring (bicyclic) bond motifs is 1. The molecule has 3 rings (SSSR count). The van der Waals surface area contributed by atoms with Gasteiger partial charge in [0.2, 0.25) is 0 Å². The summed E-state index contributed by atoms with van der Waals surface area (Å²) < 4.78 is 1.96. The molecule has 1 aromatic carbocycles. The lowest BCUT2D eigenvalue weighted by Gasteiger charge is -2.09. The number of aryl methyl sites for hydroxylation is 1. The Bertz CT molecular complexity index is 814. The van der Waals surface area contributed by atoms with Crippen molar-refractivity contribution in [3.8, 4) is 10.7 Å². The van der Waals surface area contributed by atoms with Gasteiger partial charge in [0.25, 0.3) is 0 Å². The quantitative estimate of drug-likeness (QED) is 0.601. The van der Waals surface area contributed by atoms with E-state index >= 15 is 0 Å². The van der Waals surface area contributed by atoms with Crippen LogP contribution >= 0.6 is 43.2 Å². The first-order chi connectivity index (χ1) is 10.1.